The number of furan rings is 1. The molecule has 0 bridgehead atoms. The minimum atomic E-state index is -0.437. The van der Waals surface area contributed by atoms with Gasteiger partial charge in [0.15, 0.2) is 0 Å². The third-order valence-electron chi connectivity index (χ3n) is 2.46. The molecule has 16 heavy (non-hydrogen) atoms. The van der Waals surface area contributed by atoms with E-state index in [0.717, 1.165) is 17.7 Å². The maximum Gasteiger partial charge on any atom is 0.410 e. The normalized spacial score (nSPS) is 15.8. The number of hydrogen-bond acceptors (Lipinski definition) is 3. The monoisotopic (exact) mass is 223 g/mol. The zero-order chi connectivity index (χ0) is 11.8. The lowest BCUT2D eigenvalue weighted by Gasteiger charge is -2.29. The third-order valence-corrected chi connectivity index (χ3v) is 2.46. The van der Waals surface area contributed by atoms with Crippen molar-refractivity contribution >= 4 is 6.09 Å². The lowest BCUT2D eigenvalue weighted by Crippen LogP contribution is -2.39. The van der Waals surface area contributed by atoms with Crippen LogP contribution in [0.5, 0.6) is 0 Å². The number of ether oxygens (including phenoxy) is 1. The van der Waals surface area contributed by atoms with Gasteiger partial charge < -0.3 is 14.1 Å². The highest BCUT2D eigenvalue weighted by atomic mass is 16.6. The molecule has 0 N–H and O–H groups in total. The van der Waals surface area contributed by atoms with Crippen LogP contribution < -0.4 is 0 Å². The van der Waals surface area contributed by atoms with Gasteiger partial charge in [-0.05, 0) is 26.8 Å². The van der Waals surface area contributed by atoms with Crippen molar-refractivity contribution in [2.24, 2.45) is 0 Å². The maximum absolute atomic E-state index is 11.8. The van der Waals surface area contributed by atoms with Gasteiger partial charge in [0.2, 0.25) is 0 Å². The zero-order valence-electron chi connectivity index (χ0n) is 9.95. The Morgan fingerprint density at radius 2 is 2.25 bits per heavy atom. The Kier molecular flexibility index (Phi) is 2.66. The van der Waals surface area contributed by atoms with Crippen molar-refractivity contribution in [3.05, 3.63) is 23.7 Å². The largest absolute Gasteiger partial charge is 0.469 e. The van der Waals surface area contributed by atoms with E-state index in [2.05, 4.69) is 0 Å². The molecule has 2 rings (SSSR count). The van der Waals surface area contributed by atoms with E-state index >= 15 is 0 Å². The van der Waals surface area contributed by atoms with Crippen LogP contribution in [0, 0.1) is 0 Å². The highest BCUT2D eigenvalue weighted by Gasteiger charge is 2.26. The molecule has 4 heteroatoms. The molecule has 1 amide bonds. The van der Waals surface area contributed by atoms with E-state index in [0.29, 0.717) is 13.1 Å². The summed E-state index contributed by atoms with van der Waals surface area (Å²) < 4.78 is 10.6. The van der Waals surface area contributed by atoms with Gasteiger partial charge in [-0.1, -0.05) is 0 Å². The molecule has 0 atom stereocenters. The summed E-state index contributed by atoms with van der Waals surface area (Å²) in [5, 5.41) is 0. The summed E-state index contributed by atoms with van der Waals surface area (Å²) >= 11 is 0. The molecule has 0 unspecified atom stereocenters. The van der Waals surface area contributed by atoms with Gasteiger partial charge >= 0.3 is 6.09 Å². The number of nitrogens with zero attached hydrogens (tertiary/aromatic N) is 1. The summed E-state index contributed by atoms with van der Waals surface area (Å²) in [7, 11) is 0. The van der Waals surface area contributed by atoms with E-state index in [1.54, 1.807) is 11.2 Å². The molecule has 0 radical (unpaired) electrons. The maximum atomic E-state index is 11.8. The first-order chi connectivity index (χ1) is 7.46. The molecule has 0 aromatic carbocycles. The Hall–Kier alpha value is -1.45. The van der Waals surface area contributed by atoms with Crippen LogP contribution in [0.25, 0.3) is 0 Å². The zero-order valence-corrected chi connectivity index (χ0v) is 9.95. The summed E-state index contributed by atoms with van der Waals surface area (Å²) in [5.41, 5.74) is 0.644. The molecular weight excluding hydrogens is 206 g/mol. The molecule has 0 saturated carbocycles. The minimum absolute atomic E-state index is 0.251. The van der Waals surface area contributed by atoms with Crippen molar-refractivity contribution in [3.8, 4) is 0 Å². The van der Waals surface area contributed by atoms with E-state index in [4.69, 9.17) is 9.15 Å². The van der Waals surface area contributed by atoms with Crippen molar-refractivity contribution in [2.45, 2.75) is 39.3 Å². The van der Waals surface area contributed by atoms with Crippen molar-refractivity contribution in [1.82, 2.24) is 4.90 Å². The average Bonchev–Trinajstić information content (AvgIpc) is 2.61. The Morgan fingerprint density at radius 1 is 1.50 bits per heavy atom. The van der Waals surface area contributed by atoms with Crippen LogP contribution in [0.1, 0.15) is 32.1 Å². The molecule has 2 heterocycles. The third kappa shape index (κ3) is 2.38. The quantitative estimate of drug-likeness (QED) is 0.679. The lowest BCUT2D eigenvalue weighted by molar-refractivity contribution is 0.0219. The Morgan fingerprint density at radius 3 is 2.94 bits per heavy atom. The van der Waals surface area contributed by atoms with Crippen LogP contribution in [0.15, 0.2) is 16.7 Å². The molecule has 1 aromatic rings. The van der Waals surface area contributed by atoms with Crippen molar-refractivity contribution in [1.29, 1.82) is 0 Å². The molecule has 1 aliphatic heterocycles. The molecule has 88 valence electrons. The summed E-state index contributed by atoms with van der Waals surface area (Å²) in [6.07, 6.45) is 2.18. The molecular formula is C12H17NO3. The smallest absolute Gasteiger partial charge is 0.410 e. The Balaban J connectivity index is 2.01. The highest BCUT2D eigenvalue weighted by molar-refractivity contribution is 5.68. The van der Waals surface area contributed by atoms with Crippen LogP contribution in [0.4, 0.5) is 4.79 Å². The predicted molar refractivity (Wildman–Crippen MR) is 59.1 cm³/mol. The molecule has 0 saturated heterocycles. The van der Waals surface area contributed by atoms with Crippen LogP contribution >= 0.6 is 0 Å². The van der Waals surface area contributed by atoms with Crippen LogP contribution in [0.2, 0.25) is 0 Å². The standard InChI is InChI=1S/C12H17NO3/c1-12(2,3)16-11(14)13-6-4-10-9(8-13)5-7-15-10/h5,7H,4,6,8H2,1-3H3. The van der Waals surface area contributed by atoms with Crippen LogP contribution in [0.3, 0.4) is 0 Å². The summed E-state index contributed by atoms with van der Waals surface area (Å²) in [4.78, 5) is 13.5. The van der Waals surface area contributed by atoms with E-state index < -0.39 is 5.60 Å². The summed E-state index contributed by atoms with van der Waals surface area (Å²) in [6.45, 7) is 6.87. The van der Waals surface area contributed by atoms with Crippen molar-refractivity contribution in [3.63, 3.8) is 0 Å². The molecule has 1 aliphatic rings. The number of hydrogen-bond donors (Lipinski definition) is 0. The fraction of sp³-hybridized carbons (Fsp3) is 0.583. The number of carbonyl (C=O) groups excluding carboxylic acids is 1. The Bertz CT molecular complexity index is 389. The predicted octanol–water partition coefficient (Wildman–Crippen LogP) is 2.57. The van der Waals surface area contributed by atoms with E-state index in [9.17, 15) is 4.79 Å². The number of amides is 1. The second-order valence-electron chi connectivity index (χ2n) is 5.02. The first kappa shape index (κ1) is 11.0. The summed E-state index contributed by atoms with van der Waals surface area (Å²) in [6, 6.07) is 1.91. The van der Waals surface area contributed by atoms with E-state index in [1.807, 2.05) is 26.8 Å². The van der Waals surface area contributed by atoms with Gasteiger partial charge in [0.25, 0.3) is 0 Å². The van der Waals surface area contributed by atoms with E-state index in [1.165, 1.54) is 0 Å². The van der Waals surface area contributed by atoms with Crippen LogP contribution in [-0.2, 0) is 17.7 Å². The average molecular weight is 223 g/mol. The van der Waals surface area contributed by atoms with Crippen molar-refractivity contribution in [2.75, 3.05) is 6.54 Å². The minimum Gasteiger partial charge on any atom is -0.469 e. The topological polar surface area (TPSA) is 42.7 Å². The van der Waals surface area contributed by atoms with Gasteiger partial charge in [-0.2, -0.15) is 0 Å². The molecule has 1 aromatic heterocycles. The first-order valence-corrected chi connectivity index (χ1v) is 5.49. The number of rotatable bonds is 0. The van der Waals surface area contributed by atoms with Gasteiger partial charge in [0, 0.05) is 18.5 Å². The van der Waals surface area contributed by atoms with Gasteiger partial charge in [0.1, 0.15) is 11.4 Å². The summed E-state index contributed by atoms with van der Waals surface area (Å²) in [5.74, 6) is 0.986. The Labute approximate surface area is 95.2 Å². The second kappa shape index (κ2) is 3.85. The molecule has 0 spiro atoms. The van der Waals surface area contributed by atoms with Gasteiger partial charge in [-0.25, -0.2) is 4.79 Å². The first-order valence-electron chi connectivity index (χ1n) is 5.49. The molecule has 4 nitrogen and oxygen atoms in total. The fourth-order valence-corrected chi connectivity index (χ4v) is 1.73. The SMILES string of the molecule is CC(C)(C)OC(=O)N1CCc2occc2C1. The number of carbonyl (C=O) groups is 1. The van der Waals surface area contributed by atoms with Crippen LogP contribution in [-0.4, -0.2) is 23.1 Å². The molecule has 0 aliphatic carbocycles. The van der Waals surface area contributed by atoms with Gasteiger partial charge in [-0.15, -0.1) is 0 Å². The van der Waals surface area contributed by atoms with Crippen molar-refractivity contribution < 1.29 is 13.9 Å². The van der Waals surface area contributed by atoms with E-state index in [-0.39, 0.29) is 6.09 Å². The molecule has 0 fully saturated rings. The number of fused-ring (bicyclic) bond motifs is 1. The van der Waals surface area contributed by atoms with Gasteiger partial charge in [0.05, 0.1) is 12.8 Å². The lowest BCUT2D eigenvalue weighted by atomic mass is 10.1. The van der Waals surface area contributed by atoms with Gasteiger partial charge in [-0.3, -0.25) is 0 Å². The highest BCUT2D eigenvalue weighted by Crippen LogP contribution is 2.21. The fourth-order valence-electron chi connectivity index (χ4n) is 1.73. The second-order valence-corrected chi connectivity index (χ2v) is 5.02.